The summed E-state index contributed by atoms with van der Waals surface area (Å²) in [6.07, 6.45) is 12.4. The summed E-state index contributed by atoms with van der Waals surface area (Å²) in [5.41, 5.74) is 0. The minimum Gasteiger partial charge on any atom is -0.377 e. The van der Waals surface area contributed by atoms with Crippen LogP contribution in [-0.2, 0) is 4.74 Å². The van der Waals surface area contributed by atoms with Gasteiger partial charge in [-0.15, -0.1) is 0 Å². The van der Waals surface area contributed by atoms with Gasteiger partial charge in [0.25, 0.3) is 0 Å². The summed E-state index contributed by atoms with van der Waals surface area (Å²) >= 11 is 0. The van der Waals surface area contributed by atoms with E-state index in [9.17, 15) is 0 Å². The van der Waals surface area contributed by atoms with Crippen LogP contribution in [0, 0.1) is 11.8 Å². The van der Waals surface area contributed by atoms with E-state index in [0.717, 1.165) is 25.0 Å². The highest BCUT2D eigenvalue weighted by Gasteiger charge is 2.31. The lowest BCUT2D eigenvalue weighted by Gasteiger charge is -2.38. The maximum absolute atomic E-state index is 6.27. The van der Waals surface area contributed by atoms with Crippen LogP contribution in [0.5, 0.6) is 0 Å². The molecule has 1 rings (SSSR count). The Morgan fingerprint density at radius 2 is 1.71 bits per heavy atom. The Morgan fingerprint density at radius 1 is 1.00 bits per heavy atom. The molecule has 0 spiro atoms. The molecule has 1 fully saturated rings. The first-order valence-electron chi connectivity index (χ1n) is 9.54. The second-order valence-corrected chi connectivity index (χ2v) is 7.16. The average molecular weight is 298 g/mol. The molecule has 1 saturated carbocycles. The van der Waals surface area contributed by atoms with Crippen LogP contribution < -0.4 is 5.32 Å². The standard InChI is InChI=1S/C19H39NO/c1-5-7-8-9-10-11-14-21-19-15-17(16(3)4)12-13-18(19)20-6-2/h16-20H,5-15H2,1-4H3. The van der Waals surface area contributed by atoms with Crippen LogP contribution in [0.3, 0.4) is 0 Å². The van der Waals surface area contributed by atoms with Gasteiger partial charge in [-0.05, 0) is 44.1 Å². The fourth-order valence-electron chi connectivity index (χ4n) is 3.56. The molecule has 0 heterocycles. The predicted molar refractivity (Wildman–Crippen MR) is 92.8 cm³/mol. The first-order chi connectivity index (χ1) is 10.2. The molecule has 2 heteroatoms. The topological polar surface area (TPSA) is 21.3 Å². The maximum Gasteiger partial charge on any atom is 0.0730 e. The van der Waals surface area contributed by atoms with Crippen LogP contribution >= 0.6 is 0 Å². The highest BCUT2D eigenvalue weighted by molar-refractivity contribution is 4.86. The Bertz CT molecular complexity index is 242. The molecule has 0 saturated heterocycles. The smallest absolute Gasteiger partial charge is 0.0730 e. The van der Waals surface area contributed by atoms with Crippen molar-refractivity contribution in [2.45, 2.75) is 97.6 Å². The van der Waals surface area contributed by atoms with Gasteiger partial charge in [-0.3, -0.25) is 0 Å². The molecular formula is C19H39NO. The van der Waals surface area contributed by atoms with E-state index in [0.29, 0.717) is 12.1 Å². The van der Waals surface area contributed by atoms with E-state index in [1.54, 1.807) is 0 Å². The summed E-state index contributed by atoms with van der Waals surface area (Å²) in [7, 11) is 0. The van der Waals surface area contributed by atoms with Crippen molar-refractivity contribution in [3.63, 3.8) is 0 Å². The van der Waals surface area contributed by atoms with E-state index >= 15 is 0 Å². The van der Waals surface area contributed by atoms with E-state index in [1.165, 1.54) is 57.8 Å². The number of ether oxygens (including phenoxy) is 1. The van der Waals surface area contributed by atoms with E-state index in [1.807, 2.05) is 0 Å². The highest BCUT2D eigenvalue weighted by atomic mass is 16.5. The number of likely N-dealkylation sites (N-methyl/N-ethyl adjacent to an activating group) is 1. The molecule has 0 aliphatic heterocycles. The third kappa shape index (κ3) is 7.65. The zero-order chi connectivity index (χ0) is 15.5. The van der Waals surface area contributed by atoms with Gasteiger partial charge in [0, 0.05) is 12.6 Å². The van der Waals surface area contributed by atoms with Crippen molar-refractivity contribution in [3.8, 4) is 0 Å². The van der Waals surface area contributed by atoms with E-state index in [4.69, 9.17) is 4.74 Å². The summed E-state index contributed by atoms with van der Waals surface area (Å²) in [6, 6.07) is 0.588. The molecule has 2 nitrogen and oxygen atoms in total. The van der Waals surface area contributed by atoms with Crippen molar-refractivity contribution < 1.29 is 4.74 Å². The van der Waals surface area contributed by atoms with Crippen LogP contribution in [0.25, 0.3) is 0 Å². The van der Waals surface area contributed by atoms with Gasteiger partial charge in [-0.1, -0.05) is 59.8 Å². The van der Waals surface area contributed by atoms with Crippen molar-refractivity contribution in [2.24, 2.45) is 11.8 Å². The molecule has 3 unspecified atom stereocenters. The molecule has 0 aromatic carbocycles. The molecule has 0 aromatic rings. The molecule has 126 valence electrons. The van der Waals surface area contributed by atoms with Crippen LogP contribution in [0.1, 0.15) is 85.5 Å². The molecule has 3 atom stereocenters. The highest BCUT2D eigenvalue weighted by Crippen LogP contribution is 2.32. The van der Waals surface area contributed by atoms with E-state index < -0.39 is 0 Å². The van der Waals surface area contributed by atoms with Gasteiger partial charge in [-0.25, -0.2) is 0 Å². The number of hydrogen-bond acceptors (Lipinski definition) is 2. The van der Waals surface area contributed by atoms with Crippen LogP contribution in [0.4, 0.5) is 0 Å². The van der Waals surface area contributed by atoms with Gasteiger partial charge in [0.1, 0.15) is 0 Å². The van der Waals surface area contributed by atoms with Crippen molar-refractivity contribution in [3.05, 3.63) is 0 Å². The minimum absolute atomic E-state index is 0.446. The molecule has 1 aliphatic rings. The Morgan fingerprint density at radius 3 is 2.38 bits per heavy atom. The molecule has 0 bridgehead atoms. The van der Waals surface area contributed by atoms with Gasteiger partial charge in [0.2, 0.25) is 0 Å². The zero-order valence-electron chi connectivity index (χ0n) is 15.0. The number of hydrogen-bond donors (Lipinski definition) is 1. The first kappa shape index (κ1) is 19.0. The van der Waals surface area contributed by atoms with Crippen molar-refractivity contribution in [1.29, 1.82) is 0 Å². The lowest BCUT2D eigenvalue weighted by molar-refractivity contribution is -0.0176. The predicted octanol–water partition coefficient (Wildman–Crippen LogP) is 5.17. The third-order valence-corrected chi connectivity index (χ3v) is 5.07. The quantitative estimate of drug-likeness (QED) is 0.531. The van der Waals surface area contributed by atoms with Gasteiger partial charge in [-0.2, -0.15) is 0 Å². The normalized spacial score (nSPS) is 26.4. The SMILES string of the molecule is CCCCCCCCOC1CC(C(C)C)CCC1NCC. The molecule has 0 aromatic heterocycles. The van der Waals surface area contributed by atoms with E-state index in [2.05, 4.69) is 33.0 Å². The maximum atomic E-state index is 6.27. The Balaban J connectivity index is 2.23. The van der Waals surface area contributed by atoms with Crippen LogP contribution in [0.2, 0.25) is 0 Å². The Kier molecular flexibility index (Phi) is 10.4. The average Bonchev–Trinajstić information content (AvgIpc) is 2.47. The zero-order valence-corrected chi connectivity index (χ0v) is 15.0. The molecular weight excluding hydrogens is 258 g/mol. The van der Waals surface area contributed by atoms with Crippen LogP contribution in [0.15, 0.2) is 0 Å². The number of rotatable bonds is 11. The lowest BCUT2D eigenvalue weighted by atomic mass is 9.78. The van der Waals surface area contributed by atoms with Crippen molar-refractivity contribution in [2.75, 3.05) is 13.2 Å². The molecule has 1 aliphatic carbocycles. The van der Waals surface area contributed by atoms with Gasteiger partial charge in [0.15, 0.2) is 0 Å². The third-order valence-electron chi connectivity index (χ3n) is 5.07. The van der Waals surface area contributed by atoms with Crippen molar-refractivity contribution in [1.82, 2.24) is 5.32 Å². The van der Waals surface area contributed by atoms with Crippen molar-refractivity contribution >= 4 is 0 Å². The second kappa shape index (κ2) is 11.5. The van der Waals surface area contributed by atoms with Crippen LogP contribution in [-0.4, -0.2) is 25.3 Å². The monoisotopic (exact) mass is 297 g/mol. The lowest BCUT2D eigenvalue weighted by Crippen LogP contribution is -2.46. The van der Waals surface area contributed by atoms with E-state index in [-0.39, 0.29) is 0 Å². The summed E-state index contributed by atoms with van der Waals surface area (Å²) < 4.78 is 6.27. The first-order valence-corrected chi connectivity index (χ1v) is 9.54. The summed E-state index contributed by atoms with van der Waals surface area (Å²) in [5.74, 6) is 1.65. The molecule has 21 heavy (non-hydrogen) atoms. The van der Waals surface area contributed by atoms with Gasteiger partial charge < -0.3 is 10.1 Å². The minimum atomic E-state index is 0.446. The Labute approximate surface area is 133 Å². The van der Waals surface area contributed by atoms with Gasteiger partial charge >= 0.3 is 0 Å². The summed E-state index contributed by atoms with van der Waals surface area (Å²) in [4.78, 5) is 0. The number of nitrogens with one attached hydrogen (secondary N) is 1. The fraction of sp³-hybridized carbons (Fsp3) is 1.00. The second-order valence-electron chi connectivity index (χ2n) is 7.16. The number of unbranched alkanes of at least 4 members (excludes halogenated alkanes) is 5. The molecule has 0 amide bonds. The summed E-state index contributed by atoms with van der Waals surface area (Å²) in [6.45, 7) is 11.2. The molecule has 0 radical (unpaired) electrons. The Hall–Kier alpha value is -0.0800. The largest absolute Gasteiger partial charge is 0.377 e. The molecule has 1 N–H and O–H groups in total. The fourth-order valence-corrected chi connectivity index (χ4v) is 3.56. The van der Waals surface area contributed by atoms with Gasteiger partial charge in [0.05, 0.1) is 6.10 Å². The summed E-state index contributed by atoms with van der Waals surface area (Å²) in [5, 5.41) is 3.64.